The summed E-state index contributed by atoms with van der Waals surface area (Å²) >= 11 is 0. The second kappa shape index (κ2) is 6.64. The molecule has 0 amide bonds. The maximum absolute atomic E-state index is 13.8. The van der Waals surface area contributed by atoms with E-state index in [2.05, 4.69) is 4.90 Å². The summed E-state index contributed by atoms with van der Waals surface area (Å²) in [4.78, 5) is 2.23. The molecule has 0 radical (unpaired) electrons. The second-order valence-corrected chi connectivity index (χ2v) is 7.11. The number of piperidine rings is 1. The van der Waals surface area contributed by atoms with Crippen molar-refractivity contribution in [2.45, 2.75) is 50.9 Å². The van der Waals surface area contributed by atoms with Gasteiger partial charge in [0.2, 0.25) is 0 Å². The number of alkyl halides is 3. The van der Waals surface area contributed by atoms with Crippen molar-refractivity contribution in [3.05, 3.63) is 35.1 Å². The zero-order valence-corrected chi connectivity index (χ0v) is 13.8. The van der Waals surface area contributed by atoms with Crippen LogP contribution in [0.1, 0.15) is 43.2 Å². The maximum Gasteiger partial charge on any atom is 0.419 e. The third-order valence-corrected chi connectivity index (χ3v) is 5.54. The summed E-state index contributed by atoms with van der Waals surface area (Å²) in [7, 11) is 1.75. The Morgan fingerprint density at radius 3 is 2.67 bits per heavy atom. The number of hydrogen-bond donors (Lipinski definition) is 0. The Labute approximate surface area is 139 Å². The Hall–Kier alpha value is -1.14. The molecule has 0 bridgehead atoms. The van der Waals surface area contributed by atoms with Gasteiger partial charge in [0.15, 0.2) is 0 Å². The van der Waals surface area contributed by atoms with Gasteiger partial charge in [-0.15, -0.1) is 0 Å². The van der Waals surface area contributed by atoms with Crippen molar-refractivity contribution in [3.63, 3.8) is 0 Å². The predicted molar refractivity (Wildman–Crippen MR) is 83.0 cm³/mol. The fourth-order valence-electron chi connectivity index (χ4n) is 4.48. The number of nitrogens with zero attached hydrogens (tertiary/aromatic N) is 1. The molecule has 0 unspecified atom stereocenters. The number of benzene rings is 1. The van der Waals surface area contributed by atoms with Gasteiger partial charge >= 0.3 is 6.18 Å². The minimum absolute atomic E-state index is 0.150. The van der Waals surface area contributed by atoms with Gasteiger partial charge in [-0.2, -0.15) is 13.2 Å². The van der Waals surface area contributed by atoms with Crippen LogP contribution < -0.4 is 0 Å². The van der Waals surface area contributed by atoms with E-state index in [0.29, 0.717) is 12.1 Å². The van der Waals surface area contributed by atoms with E-state index < -0.39 is 17.6 Å². The first kappa shape index (κ1) is 17.7. The molecular formula is C18H23F4NO. The first-order valence-electron chi connectivity index (χ1n) is 8.45. The van der Waals surface area contributed by atoms with Gasteiger partial charge in [0, 0.05) is 25.6 Å². The van der Waals surface area contributed by atoms with Gasteiger partial charge in [-0.3, -0.25) is 4.90 Å². The zero-order valence-electron chi connectivity index (χ0n) is 13.8. The molecule has 0 aromatic heterocycles. The molecular weight excluding hydrogens is 322 g/mol. The van der Waals surface area contributed by atoms with Gasteiger partial charge in [-0.25, -0.2) is 4.39 Å². The fourth-order valence-corrected chi connectivity index (χ4v) is 4.48. The molecule has 3 rings (SSSR count). The van der Waals surface area contributed by atoms with Crippen LogP contribution in [-0.2, 0) is 17.5 Å². The lowest BCUT2D eigenvalue weighted by molar-refractivity contribution is -0.140. The van der Waals surface area contributed by atoms with Crippen LogP contribution in [0.15, 0.2) is 18.2 Å². The van der Waals surface area contributed by atoms with Crippen LogP contribution in [0.2, 0.25) is 0 Å². The standard InChI is InChI=1S/C18H23F4NO/c1-24-16-4-2-7-17(16)8-3-9-23(12-17)11-13-5-6-14(15(19)10-13)18(20,21)22/h5-6,10,16H,2-4,7-9,11-12H2,1H3/t16-,17-/m1/s1. The third kappa shape index (κ3) is 3.45. The third-order valence-electron chi connectivity index (χ3n) is 5.54. The molecule has 1 saturated carbocycles. The summed E-state index contributed by atoms with van der Waals surface area (Å²) < 4.78 is 57.4. The molecule has 1 aromatic carbocycles. The van der Waals surface area contributed by atoms with Crippen molar-refractivity contribution < 1.29 is 22.3 Å². The van der Waals surface area contributed by atoms with E-state index in [-0.39, 0.29) is 11.5 Å². The average molecular weight is 345 g/mol. The molecule has 1 heterocycles. The number of ether oxygens (including phenoxy) is 1. The van der Waals surface area contributed by atoms with Crippen LogP contribution in [0.3, 0.4) is 0 Å². The van der Waals surface area contributed by atoms with Gasteiger partial charge < -0.3 is 4.74 Å². The van der Waals surface area contributed by atoms with Crippen LogP contribution in [0, 0.1) is 11.2 Å². The molecule has 6 heteroatoms. The molecule has 2 aliphatic rings. The predicted octanol–water partition coefficient (Wildman–Crippen LogP) is 4.63. The van der Waals surface area contributed by atoms with E-state index in [1.165, 1.54) is 6.07 Å². The van der Waals surface area contributed by atoms with Crippen molar-refractivity contribution in [2.75, 3.05) is 20.2 Å². The number of halogens is 4. The summed E-state index contributed by atoms with van der Waals surface area (Å²) in [5, 5.41) is 0. The zero-order chi connectivity index (χ0) is 17.4. The quantitative estimate of drug-likeness (QED) is 0.741. The Morgan fingerprint density at radius 1 is 1.25 bits per heavy atom. The average Bonchev–Trinajstić information content (AvgIpc) is 2.88. The molecule has 2 atom stereocenters. The Kier molecular flexibility index (Phi) is 4.89. The highest BCUT2D eigenvalue weighted by Gasteiger charge is 2.45. The number of likely N-dealkylation sites (tertiary alicyclic amines) is 1. The van der Waals surface area contributed by atoms with E-state index >= 15 is 0 Å². The van der Waals surface area contributed by atoms with Crippen LogP contribution in [0.4, 0.5) is 17.6 Å². The van der Waals surface area contributed by atoms with Crippen molar-refractivity contribution in [3.8, 4) is 0 Å². The van der Waals surface area contributed by atoms with Crippen molar-refractivity contribution in [2.24, 2.45) is 5.41 Å². The maximum atomic E-state index is 13.8. The smallest absolute Gasteiger partial charge is 0.381 e. The molecule has 1 spiro atoms. The normalized spacial score (nSPS) is 28.6. The van der Waals surface area contributed by atoms with Gasteiger partial charge in [-0.1, -0.05) is 12.5 Å². The highest BCUT2D eigenvalue weighted by Crippen LogP contribution is 2.46. The van der Waals surface area contributed by atoms with E-state index in [4.69, 9.17) is 4.74 Å². The highest BCUT2D eigenvalue weighted by molar-refractivity contribution is 5.26. The van der Waals surface area contributed by atoms with Crippen molar-refractivity contribution in [1.29, 1.82) is 0 Å². The summed E-state index contributed by atoms with van der Waals surface area (Å²) in [6.07, 6.45) is 1.13. The van der Waals surface area contributed by atoms with E-state index in [1.807, 2.05) is 0 Å². The van der Waals surface area contributed by atoms with E-state index in [1.54, 1.807) is 7.11 Å². The monoisotopic (exact) mass is 345 g/mol. The number of methoxy groups -OCH3 is 1. The molecule has 24 heavy (non-hydrogen) atoms. The largest absolute Gasteiger partial charge is 0.419 e. The minimum atomic E-state index is -4.65. The summed E-state index contributed by atoms with van der Waals surface area (Å²) in [5.74, 6) is -1.19. The highest BCUT2D eigenvalue weighted by atomic mass is 19.4. The Balaban J connectivity index is 1.71. The topological polar surface area (TPSA) is 12.5 Å². The summed E-state index contributed by atoms with van der Waals surface area (Å²) in [6.45, 7) is 2.24. The molecule has 1 aromatic rings. The van der Waals surface area contributed by atoms with Gasteiger partial charge in [0.1, 0.15) is 5.82 Å². The fraction of sp³-hybridized carbons (Fsp3) is 0.667. The summed E-state index contributed by atoms with van der Waals surface area (Å²) in [5.41, 5.74) is -0.460. The molecule has 1 aliphatic carbocycles. The van der Waals surface area contributed by atoms with Gasteiger partial charge in [-0.05, 0) is 49.9 Å². The Bertz CT molecular complexity index is 589. The van der Waals surface area contributed by atoms with Crippen LogP contribution >= 0.6 is 0 Å². The minimum Gasteiger partial charge on any atom is -0.381 e. The molecule has 2 fully saturated rings. The SMILES string of the molecule is CO[C@@H]1CCC[C@]12CCCN(Cc1ccc(C(F)(F)F)c(F)c1)C2. The number of hydrogen-bond acceptors (Lipinski definition) is 2. The molecule has 1 saturated heterocycles. The van der Waals surface area contributed by atoms with E-state index in [0.717, 1.165) is 57.3 Å². The molecule has 1 aliphatic heterocycles. The van der Waals surface area contributed by atoms with E-state index in [9.17, 15) is 17.6 Å². The van der Waals surface area contributed by atoms with Crippen molar-refractivity contribution in [1.82, 2.24) is 4.90 Å². The lowest BCUT2D eigenvalue weighted by Gasteiger charge is -2.43. The van der Waals surface area contributed by atoms with Crippen molar-refractivity contribution >= 4 is 0 Å². The summed E-state index contributed by atoms with van der Waals surface area (Å²) in [6, 6.07) is 3.25. The first-order valence-corrected chi connectivity index (χ1v) is 8.45. The lowest BCUT2D eigenvalue weighted by Crippen LogP contribution is -2.47. The molecule has 134 valence electrons. The van der Waals surface area contributed by atoms with Crippen LogP contribution in [-0.4, -0.2) is 31.2 Å². The molecule has 0 N–H and O–H groups in total. The van der Waals surface area contributed by atoms with Gasteiger partial charge in [0.25, 0.3) is 0 Å². The Morgan fingerprint density at radius 2 is 2.00 bits per heavy atom. The van der Waals surface area contributed by atoms with Crippen LogP contribution in [0.25, 0.3) is 0 Å². The van der Waals surface area contributed by atoms with Gasteiger partial charge in [0.05, 0.1) is 11.7 Å². The lowest BCUT2D eigenvalue weighted by atomic mass is 9.76. The first-order chi connectivity index (χ1) is 11.3. The number of rotatable bonds is 3. The molecule has 2 nitrogen and oxygen atoms in total. The second-order valence-electron chi connectivity index (χ2n) is 7.11. The van der Waals surface area contributed by atoms with Crippen LogP contribution in [0.5, 0.6) is 0 Å².